The van der Waals surface area contributed by atoms with Gasteiger partial charge in [-0.1, -0.05) is 40.0 Å². The van der Waals surface area contributed by atoms with Crippen LogP contribution in [0.15, 0.2) is 40.9 Å². The number of hydrogen-bond acceptors (Lipinski definition) is 5. The second kappa shape index (κ2) is 6.16. The van der Waals surface area contributed by atoms with E-state index in [4.69, 9.17) is 39.3 Å². The number of nitrogens with zero attached hydrogens (tertiary/aromatic N) is 3. The van der Waals surface area contributed by atoms with Gasteiger partial charge in [-0.15, -0.1) is 0 Å². The zero-order valence-corrected chi connectivity index (χ0v) is 13.4. The fourth-order valence-electron chi connectivity index (χ4n) is 1.88. The lowest BCUT2D eigenvalue weighted by Crippen LogP contribution is -1.90. The molecule has 0 saturated carbocycles. The van der Waals surface area contributed by atoms with E-state index in [1.807, 2.05) is 0 Å². The first-order chi connectivity index (χ1) is 11.0. The van der Waals surface area contributed by atoms with Crippen molar-refractivity contribution in [2.24, 2.45) is 0 Å². The molecule has 0 saturated heterocycles. The maximum atomic E-state index is 10.9. The van der Waals surface area contributed by atoms with Crippen molar-refractivity contribution >= 4 is 40.5 Å². The second-order valence-corrected chi connectivity index (χ2v) is 5.70. The summed E-state index contributed by atoms with van der Waals surface area (Å²) in [6.45, 7) is 0. The molecule has 2 aromatic carbocycles. The van der Waals surface area contributed by atoms with E-state index in [1.165, 1.54) is 12.1 Å². The van der Waals surface area contributed by atoms with Crippen LogP contribution < -0.4 is 0 Å². The molecule has 0 aliphatic heterocycles. The van der Waals surface area contributed by atoms with Gasteiger partial charge < -0.3 is 4.52 Å². The van der Waals surface area contributed by atoms with Crippen LogP contribution in [-0.2, 0) is 0 Å². The summed E-state index contributed by atoms with van der Waals surface area (Å²) in [5.41, 5.74) is 0.760. The molecule has 0 N–H and O–H groups in total. The third-order valence-electron chi connectivity index (χ3n) is 2.99. The van der Waals surface area contributed by atoms with E-state index in [-0.39, 0.29) is 22.4 Å². The fourth-order valence-corrected chi connectivity index (χ4v) is 2.36. The van der Waals surface area contributed by atoms with Crippen LogP contribution in [0.25, 0.3) is 22.8 Å². The van der Waals surface area contributed by atoms with E-state index < -0.39 is 4.92 Å². The van der Waals surface area contributed by atoms with Crippen molar-refractivity contribution in [1.29, 1.82) is 0 Å². The number of rotatable bonds is 3. The van der Waals surface area contributed by atoms with E-state index in [0.29, 0.717) is 21.2 Å². The van der Waals surface area contributed by atoms with Crippen molar-refractivity contribution < 1.29 is 9.45 Å². The summed E-state index contributed by atoms with van der Waals surface area (Å²) < 4.78 is 5.15. The topological polar surface area (TPSA) is 82.1 Å². The van der Waals surface area contributed by atoms with E-state index in [2.05, 4.69) is 10.1 Å². The van der Waals surface area contributed by atoms with Crippen LogP contribution >= 0.6 is 34.8 Å². The highest BCUT2D eigenvalue weighted by atomic mass is 35.5. The highest BCUT2D eigenvalue weighted by molar-refractivity contribution is 6.42. The summed E-state index contributed by atoms with van der Waals surface area (Å²) in [4.78, 5) is 14.6. The molecule has 0 bridgehead atoms. The van der Waals surface area contributed by atoms with Gasteiger partial charge in [-0.05, 0) is 30.3 Å². The van der Waals surface area contributed by atoms with Crippen LogP contribution in [0.3, 0.4) is 0 Å². The lowest BCUT2D eigenvalue weighted by atomic mass is 10.2. The molecule has 3 rings (SSSR count). The Morgan fingerprint density at radius 2 is 1.65 bits per heavy atom. The van der Waals surface area contributed by atoms with E-state index in [0.717, 1.165) is 0 Å². The van der Waals surface area contributed by atoms with E-state index in [9.17, 15) is 10.1 Å². The summed E-state index contributed by atoms with van der Waals surface area (Å²) in [5.74, 6) is 0.419. The number of halogens is 3. The van der Waals surface area contributed by atoms with Crippen LogP contribution in [0.1, 0.15) is 0 Å². The molecule has 0 fully saturated rings. The number of nitro groups is 1. The Balaban J connectivity index is 2.00. The predicted octanol–water partition coefficient (Wildman–Crippen LogP) is 5.27. The first-order valence-corrected chi connectivity index (χ1v) is 7.32. The molecule has 9 heteroatoms. The molecular weight excluding hydrogens is 365 g/mol. The van der Waals surface area contributed by atoms with Gasteiger partial charge in [0.2, 0.25) is 5.82 Å². The van der Waals surface area contributed by atoms with Gasteiger partial charge in [-0.3, -0.25) is 10.1 Å². The number of hydrogen-bond donors (Lipinski definition) is 0. The van der Waals surface area contributed by atoms with Crippen LogP contribution in [-0.4, -0.2) is 15.1 Å². The van der Waals surface area contributed by atoms with Crippen LogP contribution in [0.2, 0.25) is 15.1 Å². The quantitative estimate of drug-likeness (QED) is 0.463. The van der Waals surface area contributed by atoms with Gasteiger partial charge in [0.15, 0.2) is 0 Å². The Kier molecular flexibility index (Phi) is 4.21. The largest absolute Gasteiger partial charge is 0.334 e. The first-order valence-electron chi connectivity index (χ1n) is 6.19. The van der Waals surface area contributed by atoms with Crippen molar-refractivity contribution in [3.05, 3.63) is 61.6 Å². The van der Waals surface area contributed by atoms with E-state index >= 15 is 0 Å². The monoisotopic (exact) mass is 369 g/mol. The summed E-state index contributed by atoms with van der Waals surface area (Å²) in [5, 5.41) is 15.6. The molecule has 0 aliphatic rings. The molecule has 1 heterocycles. The molecule has 0 atom stereocenters. The van der Waals surface area contributed by atoms with Crippen molar-refractivity contribution in [3.63, 3.8) is 0 Å². The molecule has 6 nitrogen and oxygen atoms in total. The number of aromatic nitrogens is 2. The molecule has 116 valence electrons. The SMILES string of the molecule is O=[N+]([O-])c1cc(-c2nc(-c3ccc(Cl)c(Cl)c3)no2)ccc1Cl. The molecule has 1 aromatic heterocycles. The highest BCUT2D eigenvalue weighted by Gasteiger charge is 2.17. The van der Waals surface area contributed by atoms with Crippen molar-refractivity contribution in [2.75, 3.05) is 0 Å². The van der Waals surface area contributed by atoms with Crippen LogP contribution in [0.5, 0.6) is 0 Å². The van der Waals surface area contributed by atoms with Crippen LogP contribution in [0, 0.1) is 10.1 Å². The third kappa shape index (κ3) is 3.14. The Labute approximate surface area is 144 Å². The Morgan fingerprint density at radius 1 is 0.957 bits per heavy atom. The Hall–Kier alpha value is -2.15. The maximum Gasteiger partial charge on any atom is 0.288 e. The van der Waals surface area contributed by atoms with Gasteiger partial charge in [0.1, 0.15) is 5.02 Å². The summed E-state index contributed by atoms with van der Waals surface area (Å²) in [6, 6.07) is 9.13. The summed E-state index contributed by atoms with van der Waals surface area (Å²) in [6.07, 6.45) is 0. The van der Waals surface area contributed by atoms with Gasteiger partial charge in [0.25, 0.3) is 11.6 Å². The normalized spacial score (nSPS) is 10.7. The summed E-state index contributed by atoms with van der Waals surface area (Å²) >= 11 is 17.6. The average molecular weight is 371 g/mol. The van der Waals surface area contributed by atoms with Crippen molar-refractivity contribution in [1.82, 2.24) is 10.1 Å². The van der Waals surface area contributed by atoms with Crippen molar-refractivity contribution in [3.8, 4) is 22.8 Å². The van der Waals surface area contributed by atoms with Gasteiger partial charge in [-0.2, -0.15) is 4.98 Å². The smallest absolute Gasteiger partial charge is 0.288 e. The van der Waals surface area contributed by atoms with Gasteiger partial charge >= 0.3 is 0 Å². The predicted molar refractivity (Wildman–Crippen MR) is 86.9 cm³/mol. The van der Waals surface area contributed by atoms with E-state index in [1.54, 1.807) is 24.3 Å². The molecule has 0 aliphatic carbocycles. The van der Waals surface area contributed by atoms with Gasteiger partial charge in [0.05, 0.1) is 15.0 Å². The molecule has 0 unspecified atom stereocenters. The lowest BCUT2D eigenvalue weighted by Gasteiger charge is -1.98. The molecule has 0 amide bonds. The Bertz CT molecular complexity index is 911. The third-order valence-corrected chi connectivity index (χ3v) is 4.05. The van der Waals surface area contributed by atoms with Crippen LogP contribution in [0.4, 0.5) is 5.69 Å². The van der Waals surface area contributed by atoms with Gasteiger partial charge in [0, 0.05) is 17.2 Å². The molecule has 3 aromatic rings. The first kappa shape index (κ1) is 15.7. The zero-order chi connectivity index (χ0) is 16.6. The molecule has 0 spiro atoms. The molecular formula is C14H6Cl3N3O3. The second-order valence-electron chi connectivity index (χ2n) is 4.48. The minimum Gasteiger partial charge on any atom is -0.334 e. The lowest BCUT2D eigenvalue weighted by molar-refractivity contribution is -0.384. The fraction of sp³-hybridized carbons (Fsp3) is 0. The molecule has 0 radical (unpaired) electrons. The average Bonchev–Trinajstić information content (AvgIpc) is 3.00. The Morgan fingerprint density at radius 3 is 2.35 bits per heavy atom. The highest BCUT2D eigenvalue weighted by Crippen LogP contribution is 2.31. The van der Waals surface area contributed by atoms with Gasteiger partial charge in [-0.25, -0.2) is 0 Å². The standard InChI is InChI=1S/C14H6Cl3N3O3/c15-9-3-1-7(5-11(9)17)13-18-14(23-19-13)8-2-4-10(16)12(6-8)20(21)22/h1-6H. The minimum atomic E-state index is -0.581. The van der Waals surface area contributed by atoms with Crippen molar-refractivity contribution in [2.45, 2.75) is 0 Å². The number of nitro benzene ring substituents is 1. The maximum absolute atomic E-state index is 10.9. The zero-order valence-electron chi connectivity index (χ0n) is 11.2. The molecule has 23 heavy (non-hydrogen) atoms. The number of benzene rings is 2. The minimum absolute atomic E-state index is 0.0305. The summed E-state index contributed by atoms with van der Waals surface area (Å²) in [7, 11) is 0.